The van der Waals surface area contributed by atoms with Crippen molar-refractivity contribution in [1.82, 2.24) is 10.2 Å². The molecule has 2 aliphatic rings. The zero-order chi connectivity index (χ0) is 17.1. The second kappa shape index (κ2) is 7.25. The average molecular weight is 348 g/mol. The normalized spacial score (nSPS) is 24.1. The Morgan fingerprint density at radius 2 is 2.00 bits per heavy atom. The predicted molar refractivity (Wildman–Crippen MR) is 91.2 cm³/mol. The molecule has 6 nitrogen and oxygen atoms in total. The molecule has 1 aliphatic heterocycles. The number of benzene rings is 1. The lowest BCUT2D eigenvalue weighted by atomic mass is 9.89. The van der Waals surface area contributed by atoms with E-state index < -0.39 is 0 Å². The fourth-order valence-electron chi connectivity index (χ4n) is 3.35. The van der Waals surface area contributed by atoms with Crippen molar-refractivity contribution in [3.8, 4) is 5.75 Å². The molecule has 7 heteroatoms. The average Bonchev–Trinajstić information content (AvgIpc) is 2.94. The summed E-state index contributed by atoms with van der Waals surface area (Å²) in [4.78, 5) is 38.0. The molecule has 24 heavy (non-hydrogen) atoms. The number of nitrogens with zero attached hydrogens (tertiary/aromatic N) is 1. The van der Waals surface area contributed by atoms with Gasteiger partial charge in [0.2, 0.25) is 5.91 Å². The summed E-state index contributed by atoms with van der Waals surface area (Å²) < 4.78 is 5.23. The van der Waals surface area contributed by atoms with E-state index in [9.17, 15) is 14.4 Å². The number of thioether (sulfide) groups is 1. The van der Waals surface area contributed by atoms with E-state index in [-0.39, 0.29) is 34.9 Å². The Morgan fingerprint density at radius 1 is 1.25 bits per heavy atom. The van der Waals surface area contributed by atoms with Crippen LogP contribution in [0.3, 0.4) is 0 Å². The molecule has 0 spiro atoms. The number of carbonyl (C=O) groups is 3. The van der Waals surface area contributed by atoms with Crippen LogP contribution in [-0.4, -0.2) is 46.9 Å². The molecular formula is C17H20N2O4S. The van der Waals surface area contributed by atoms with Gasteiger partial charge in [-0.15, -0.1) is 0 Å². The zero-order valence-electron chi connectivity index (χ0n) is 13.5. The molecule has 1 saturated heterocycles. The fraction of sp³-hybridized carbons (Fsp3) is 0.471. The first kappa shape index (κ1) is 16.8. The van der Waals surface area contributed by atoms with Crippen LogP contribution in [0.2, 0.25) is 0 Å². The number of nitrogens with one attached hydrogen (secondary N) is 1. The number of imide groups is 1. The van der Waals surface area contributed by atoms with Gasteiger partial charge in [-0.05, 0) is 25.0 Å². The van der Waals surface area contributed by atoms with E-state index in [4.69, 9.17) is 4.74 Å². The topological polar surface area (TPSA) is 75.7 Å². The highest BCUT2D eigenvalue weighted by Gasteiger charge is 2.41. The number of amides is 3. The number of ether oxygens (including phenoxy) is 1. The zero-order valence-corrected chi connectivity index (χ0v) is 14.3. The van der Waals surface area contributed by atoms with Crippen molar-refractivity contribution in [2.75, 3.05) is 12.9 Å². The smallest absolute Gasteiger partial charge is 0.289 e. The number of rotatable bonds is 4. The Balaban J connectivity index is 1.77. The molecule has 3 rings (SSSR count). The summed E-state index contributed by atoms with van der Waals surface area (Å²) in [5.41, 5.74) is 0.456. The van der Waals surface area contributed by atoms with E-state index in [2.05, 4.69) is 5.32 Å². The maximum Gasteiger partial charge on any atom is 0.289 e. The lowest BCUT2D eigenvalue weighted by Gasteiger charge is -2.36. The van der Waals surface area contributed by atoms with Crippen molar-refractivity contribution in [2.45, 2.75) is 37.8 Å². The molecule has 1 aliphatic carbocycles. The van der Waals surface area contributed by atoms with Crippen molar-refractivity contribution >= 4 is 28.8 Å². The van der Waals surface area contributed by atoms with E-state index in [1.807, 2.05) is 0 Å². The van der Waals surface area contributed by atoms with Crippen LogP contribution in [0.1, 0.15) is 36.0 Å². The van der Waals surface area contributed by atoms with Crippen LogP contribution in [0.4, 0.5) is 4.79 Å². The standard InChI is InChI=1S/C17H20N2O4S/c1-23-14-9-5-2-6-11(14)16(21)18-12-7-3-4-8-13(12)19-15(20)10-24-17(19)22/h2,5-6,9,12-13H,3-4,7-8,10H2,1H3,(H,18,21)/t12-,13-/m0/s1. The number of methoxy groups -OCH3 is 1. The second-order valence-electron chi connectivity index (χ2n) is 5.95. The van der Waals surface area contributed by atoms with Crippen molar-refractivity contribution in [2.24, 2.45) is 0 Å². The van der Waals surface area contributed by atoms with Crippen LogP contribution >= 0.6 is 11.8 Å². The first-order valence-corrected chi connectivity index (χ1v) is 9.03. The van der Waals surface area contributed by atoms with E-state index in [1.54, 1.807) is 24.3 Å². The number of hydrogen-bond donors (Lipinski definition) is 1. The Labute approximate surface area is 144 Å². The molecule has 0 radical (unpaired) electrons. The minimum Gasteiger partial charge on any atom is -0.496 e. The van der Waals surface area contributed by atoms with E-state index >= 15 is 0 Å². The lowest BCUT2D eigenvalue weighted by Crippen LogP contribution is -2.54. The van der Waals surface area contributed by atoms with Gasteiger partial charge >= 0.3 is 0 Å². The van der Waals surface area contributed by atoms with Gasteiger partial charge < -0.3 is 10.1 Å². The summed E-state index contributed by atoms with van der Waals surface area (Å²) >= 11 is 1.04. The third-order valence-electron chi connectivity index (χ3n) is 4.51. The summed E-state index contributed by atoms with van der Waals surface area (Å²) in [5.74, 6) is 0.304. The monoisotopic (exact) mass is 348 g/mol. The minimum absolute atomic E-state index is 0.159. The van der Waals surface area contributed by atoms with Crippen LogP contribution in [0, 0.1) is 0 Å². The summed E-state index contributed by atoms with van der Waals surface area (Å²) in [6, 6.07) is 6.54. The maximum absolute atomic E-state index is 12.6. The third-order valence-corrected chi connectivity index (χ3v) is 5.35. The summed E-state index contributed by atoms with van der Waals surface area (Å²) in [7, 11) is 1.52. The van der Waals surface area contributed by atoms with Crippen molar-refractivity contribution in [3.05, 3.63) is 29.8 Å². The lowest BCUT2D eigenvalue weighted by molar-refractivity contribution is -0.127. The molecule has 2 atom stereocenters. The highest BCUT2D eigenvalue weighted by molar-refractivity contribution is 8.14. The highest BCUT2D eigenvalue weighted by Crippen LogP contribution is 2.30. The fourth-order valence-corrected chi connectivity index (χ4v) is 4.11. The van der Waals surface area contributed by atoms with Gasteiger partial charge in [0, 0.05) is 0 Å². The Kier molecular flexibility index (Phi) is 5.08. The van der Waals surface area contributed by atoms with Crippen LogP contribution in [-0.2, 0) is 4.79 Å². The molecule has 1 saturated carbocycles. The quantitative estimate of drug-likeness (QED) is 0.904. The summed E-state index contributed by atoms with van der Waals surface area (Å²) in [6.45, 7) is 0. The van der Waals surface area contributed by atoms with Gasteiger partial charge in [0.15, 0.2) is 0 Å². The van der Waals surface area contributed by atoms with Crippen LogP contribution < -0.4 is 10.1 Å². The SMILES string of the molecule is COc1ccccc1C(=O)N[C@H]1CCCC[C@@H]1N1C(=O)CSC1=O. The van der Waals surface area contributed by atoms with Crippen molar-refractivity contribution < 1.29 is 19.1 Å². The van der Waals surface area contributed by atoms with Gasteiger partial charge in [0.25, 0.3) is 11.1 Å². The van der Waals surface area contributed by atoms with Crippen LogP contribution in [0.25, 0.3) is 0 Å². The molecule has 0 aromatic heterocycles. The molecule has 2 fully saturated rings. The van der Waals surface area contributed by atoms with Gasteiger partial charge in [-0.25, -0.2) is 0 Å². The van der Waals surface area contributed by atoms with Gasteiger partial charge in [-0.3, -0.25) is 19.3 Å². The molecule has 1 aromatic carbocycles. The molecule has 1 heterocycles. The molecule has 0 bridgehead atoms. The Morgan fingerprint density at radius 3 is 2.71 bits per heavy atom. The molecule has 1 aromatic rings. The molecule has 0 unspecified atom stereocenters. The molecular weight excluding hydrogens is 328 g/mol. The first-order chi connectivity index (χ1) is 11.6. The minimum atomic E-state index is -0.257. The molecule has 1 N–H and O–H groups in total. The van der Waals surface area contributed by atoms with Gasteiger partial charge in [0.05, 0.1) is 30.5 Å². The van der Waals surface area contributed by atoms with Crippen molar-refractivity contribution in [3.63, 3.8) is 0 Å². The second-order valence-corrected chi connectivity index (χ2v) is 6.88. The largest absolute Gasteiger partial charge is 0.496 e. The summed E-state index contributed by atoms with van der Waals surface area (Å²) in [6.07, 6.45) is 3.41. The van der Waals surface area contributed by atoms with E-state index in [1.165, 1.54) is 12.0 Å². The van der Waals surface area contributed by atoms with Crippen LogP contribution in [0.5, 0.6) is 5.75 Å². The van der Waals surface area contributed by atoms with Crippen LogP contribution in [0.15, 0.2) is 24.3 Å². The number of hydrogen-bond acceptors (Lipinski definition) is 5. The van der Waals surface area contributed by atoms with E-state index in [0.29, 0.717) is 11.3 Å². The van der Waals surface area contributed by atoms with Gasteiger partial charge in [-0.1, -0.05) is 36.7 Å². The van der Waals surface area contributed by atoms with Gasteiger partial charge in [0.1, 0.15) is 5.75 Å². The Bertz CT molecular complexity index is 648. The first-order valence-electron chi connectivity index (χ1n) is 8.04. The maximum atomic E-state index is 12.6. The van der Waals surface area contributed by atoms with E-state index in [0.717, 1.165) is 37.4 Å². The molecule has 128 valence electrons. The predicted octanol–water partition coefficient (Wildman–Crippen LogP) is 2.43. The third kappa shape index (κ3) is 3.26. The number of carbonyl (C=O) groups excluding carboxylic acids is 3. The summed E-state index contributed by atoms with van der Waals surface area (Å²) in [5, 5.41) is 2.80. The molecule has 3 amide bonds. The van der Waals surface area contributed by atoms with Gasteiger partial charge in [-0.2, -0.15) is 0 Å². The highest BCUT2D eigenvalue weighted by atomic mass is 32.2. The number of para-hydroxylation sites is 1. The Hall–Kier alpha value is -2.02. The van der Waals surface area contributed by atoms with Crippen molar-refractivity contribution in [1.29, 1.82) is 0 Å².